The second-order valence-corrected chi connectivity index (χ2v) is 9.27. The summed E-state index contributed by atoms with van der Waals surface area (Å²) in [6, 6.07) is 18.7. The highest BCUT2D eigenvalue weighted by atomic mass is 35.5. The fourth-order valence-electron chi connectivity index (χ4n) is 3.94. The van der Waals surface area contributed by atoms with Crippen molar-refractivity contribution in [1.29, 1.82) is 0 Å². The number of rotatable bonds is 2. The van der Waals surface area contributed by atoms with Crippen molar-refractivity contribution >= 4 is 73.4 Å². The minimum atomic E-state index is -0.363. The molecule has 0 fully saturated rings. The van der Waals surface area contributed by atoms with Crippen molar-refractivity contribution in [3.05, 3.63) is 92.3 Å². The number of fused-ring (bicyclic) bond motifs is 3. The smallest absolute Gasteiger partial charge is 0.228 e. The molecule has 4 nitrogen and oxygen atoms in total. The molecule has 3 aromatic carbocycles. The van der Waals surface area contributed by atoms with Crippen LogP contribution in [0.2, 0.25) is 10.0 Å². The highest BCUT2D eigenvalue weighted by molar-refractivity contribution is 7.19. The standard InChI is InChI=1S/C25H11Cl2NO3S/c26-19-10-16-17(11-20(19)27)23(30)18(22(16)29)8-13-9-21-25(32-13)28-24(31-21)15-7-3-5-12-4-1-2-6-14(12)15/h1-11H. The molecule has 0 bridgehead atoms. The minimum absolute atomic E-state index is 0.0801. The molecule has 6 rings (SSSR count). The van der Waals surface area contributed by atoms with Crippen LogP contribution in [0.15, 0.2) is 70.7 Å². The molecule has 0 N–H and O–H groups in total. The summed E-state index contributed by atoms with van der Waals surface area (Å²) in [6.07, 6.45) is 1.58. The second kappa shape index (κ2) is 7.14. The first-order chi connectivity index (χ1) is 15.5. The van der Waals surface area contributed by atoms with Gasteiger partial charge in [0, 0.05) is 27.6 Å². The van der Waals surface area contributed by atoms with Crippen LogP contribution in [-0.2, 0) is 0 Å². The molecule has 1 aliphatic carbocycles. The number of thiophene rings is 1. The Kier molecular flexibility index (Phi) is 4.33. The van der Waals surface area contributed by atoms with Gasteiger partial charge in [-0.2, -0.15) is 4.98 Å². The van der Waals surface area contributed by atoms with E-state index in [0.717, 1.165) is 16.3 Å². The first kappa shape index (κ1) is 19.4. The van der Waals surface area contributed by atoms with E-state index in [9.17, 15) is 9.59 Å². The van der Waals surface area contributed by atoms with Crippen molar-refractivity contribution in [3.8, 4) is 11.5 Å². The zero-order chi connectivity index (χ0) is 22.0. The van der Waals surface area contributed by atoms with Crippen LogP contribution in [0.3, 0.4) is 0 Å². The van der Waals surface area contributed by atoms with E-state index >= 15 is 0 Å². The molecule has 32 heavy (non-hydrogen) atoms. The number of Topliss-reactive ketones (excluding diaryl/α,β-unsaturated/α-hetero) is 2. The van der Waals surface area contributed by atoms with E-state index in [0.29, 0.717) is 21.2 Å². The van der Waals surface area contributed by atoms with Gasteiger partial charge in [-0.15, -0.1) is 11.3 Å². The molecular weight excluding hydrogens is 465 g/mol. The molecule has 1 aliphatic rings. The summed E-state index contributed by atoms with van der Waals surface area (Å²) < 4.78 is 6.02. The lowest BCUT2D eigenvalue weighted by molar-refractivity contribution is 0.0990. The molecule has 154 valence electrons. The maximum absolute atomic E-state index is 12.8. The number of benzene rings is 3. The molecule has 2 aromatic heterocycles. The summed E-state index contributed by atoms with van der Waals surface area (Å²) in [6.45, 7) is 0. The Morgan fingerprint density at radius 2 is 1.53 bits per heavy atom. The Bertz CT molecular complexity index is 1560. The van der Waals surface area contributed by atoms with Crippen LogP contribution < -0.4 is 0 Å². The molecule has 0 saturated heterocycles. The quantitative estimate of drug-likeness (QED) is 0.196. The van der Waals surface area contributed by atoms with E-state index in [-0.39, 0.29) is 38.3 Å². The Morgan fingerprint density at radius 3 is 2.25 bits per heavy atom. The van der Waals surface area contributed by atoms with Gasteiger partial charge in [0.05, 0.1) is 15.6 Å². The summed E-state index contributed by atoms with van der Waals surface area (Å²) in [5, 5.41) is 2.65. The number of ketones is 2. The van der Waals surface area contributed by atoms with Gasteiger partial charge < -0.3 is 4.42 Å². The third kappa shape index (κ3) is 2.93. The predicted molar refractivity (Wildman–Crippen MR) is 128 cm³/mol. The average Bonchev–Trinajstić information content (AvgIpc) is 3.42. The highest BCUT2D eigenvalue weighted by Crippen LogP contribution is 2.37. The number of nitrogens with zero attached hydrogens (tertiary/aromatic N) is 1. The van der Waals surface area contributed by atoms with Crippen LogP contribution in [0.4, 0.5) is 0 Å². The van der Waals surface area contributed by atoms with E-state index in [4.69, 9.17) is 27.6 Å². The second-order valence-electron chi connectivity index (χ2n) is 7.39. The Labute approximate surface area is 195 Å². The first-order valence-corrected chi connectivity index (χ1v) is 11.3. The third-order valence-corrected chi connectivity index (χ3v) is 7.13. The number of allylic oxidation sites excluding steroid dienone is 1. The summed E-state index contributed by atoms with van der Waals surface area (Å²) in [5.41, 5.74) is 2.14. The average molecular weight is 476 g/mol. The van der Waals surface area contributed by atoms with Crippen molar-refractivity contribution in [2.45, 2.75) is 0 Å². The lowest BCUT2D eigenvalue weighted by atomic mass is 10.0. The van der Waals surface area contributed by atoms with Crippen molar-refractivity contribution in [2.75, 3.05) is 0 Å². The molecular formula is C25H11Cl2NO3S. The number of hydrogen-bond acceptors (Lipinski definition) is 5. The normalized spacial score (nSPS) is 13.4. The molecule has 0 amide bonds. The zero-order valence-corrected chi connectivity index (χ0v) is 18.5. The van der Waals surface area contributed by atoms with Crippen LogP contribution >= 0.6 is 34.5 Å². The monoisotopic (exact) mass is 475 g/mol. The van der Waals surface area contributed by atoms with Crippen LogP contribution in [0, 0.1) is 0 Å². The molecule has 7 heteroatoms. The Morgan fingerprint density at radius 1 is 0.844 bits per heavy atom. The molecule has 5 aromatic rings. The summed E-state index contributed by atoms with van der Waals surface area (Å²) >= 11 is 13.4. The number of oxazole rings is 1. The molecule has 0 atom stereocenters. The van der Waals surface area contributed by atoms with Gasteiger partial charge in [-0.3, -0.25) is 9.59 Å². The van der Waals surface area contributed by atoms with Gasteiger partial charge >= 0.3 is 0 Å². The van der Waals surface area contributed by atoms with Gasteiger partial charge in [0.1, 0.15) is 0 Å². The Hall–Kier alpha value is -3.25. The number of hydrogen-bond donors (Lipinski definition) is 0. The first-order valence-electron chi connectivity index (χ1n) is 9.68. The highest BCUT2D eigenvalue weighted by Gasteiger charge is 2.34. The summed E-state index contributed by atoms with van der Waals surface area (Å²) in [4.78, 5) is 31.6. The largest absolute Gasteiger partial charge is 0.435 e. The van der Waals surface area contributed by atoms with Gasteiger partial charge in [-0.25, -0.2) is 0 Å². The molecule has 0 saturated carbocycles. The molecule has 0 unspecified atom stereocenters. The molecule has 0 aliphatic heterocycles. The van der Waals surface area contributed by atoms with Crippen LogP contribution in [0.25, 0.3) is 38.7 Å². The maximum atomic E-state index is 12.8. The van der Waals surface area contributed by atoms with E-state index in [1.54, 1.807) is 12.1 Å². The number of carbonyl (C=O) groups is 2. The van der Waals surface area contributed by atoms with Crippen molar-refractivity contribution in [3.63, 3.8) is 0 Å². The van der Waals surface area contributed by atoms with Crippen LogP contribution in [-0.4, -0.2) is 16.6 Å². The Balaban J connectivity index is 1.39. The number of aromatic nitrogens is 1. The fraction of sp³-hybridized carbons (Fsp3) is 0. The summed E-state index contributed by atoms with van der Waals surface area (Å²) in [5.74, 6) is -0.192. The number of carbonyl (C=O) groups excluding carboxylic acids is 2. The van der Waals surface area contributed by atoms with Crippen molar-refractivity contribution in [1.82, 2.24) is 4.98 Å². The molecule has 0 radical (unpaired) electrons. The van der Waals surface area contributed by atoms with Gasteiger partial charge in [0.15, 0.2) is 22.0 Å². The SMILES string of the molecule is O=C1C(=Cc2cc3oc(-c4cccc5ccccc45)nc3s2)C(=O)c2cc(Cl)c(Cl)cc21. The van der Waals surface area contributed by atoms with Crippen molar-refractivity contribution in [2.24, 2.45) is 0 Å². The molecule has 2 heterocycles. The predicted octanol–water partition coefficient (Wildman–Crippen LogP) is 7.48. The third-order valence-electron chi connectivity index (χ3n) is 5.45. The van der Waals surface area contributed by atoms with E-state index in [1.807, 2.05) is 42.5 Å². The van der Waals surface area contributed by atoms with Gasteiger partial charge in [-0.1, -0.05) is 59.6 Å². The lowest BCUT2D eigenvalue weighted by Gasteiger charge is -2.02. The van der Waals surface area contributed by atoms with Crippen molar-refractivity contribution < 1.29 is 14.0 Å². The van der Waals surface area contributed by atoms with Crippen LogP contribution in [0.5, 0.6) is 0 Å². The minimum Gasteiger partial charge on any atom is -0.435 e. The van der Waals surface area contributed by atoms with Gasteiger partial charge in [0.25, 0.3) is 0 Å². The van der Waals surface area contributed by atoms with Gasteiger partial charge in [0.2, 0.25) is 5.89 Å². The van der Waals surface area contributed by atoms with E-state index in [1.165, 1.54) is 23.5 Å². The summed E-state index contributed by atoms with van der Waals surface area (Å²) in [7, 11) is 0. The maximum Gasteiger partial charge on any atom is 0.228 e. The zero-order valence-electron chi connectivity index (χ0n) is 16.2. The van der Waals surface area contributed by atoms with Gasteiger partial charge in [-0.05, 0) is 35.0 Å². The topological polar surface area (TPSA) is 60.2 Å². The van der Waals surface area contributed by atoms with E-state index < -0.39 is 0 Å². The lowest BCUT2D eigenvalue weighted by Crippen LogP contribution is -1.99. The van der Waals surface area contributed by atoms with Crippen LogP contribution in [0.1, 0.15) is 25.6 Å². The fourth-order valence-corrected chi connectivity index (χ4v) is 5.16. The number of halogens is 2. The molecule has 0 spiro atoms. The van der Waals surface area contributed by atoms with E-state index in [2.05, 4.69) is 4.98 Å².